The number of hydrogen-bond acceptors (Lipinski definition) is 6. The fraction of sp³-hybridized carbons (Fsp3) is 0.292. The highest BCUT2D eigenvalue weighted by Gasteiger charge is 2.27. The number of ether oxygens (including phenoxy) is 1. The molecule has 4 aromatic rings. The van der Waals surface area contributed by atoms with Crippen LogP contribution in [0.1, 0.15) is 16.4 Å². The van der Waals surface area contributed by atoms with Gasteiger partial charge in [-0.3, -0.25) is 9.59 Å². The lowest BCUT2D eigenvalue weighted by Crippen LogP contribution is -2.40. The van der Waals surface area contributed by atoms with Crippen LogP contribution in [-0.4, -0.2) is 58.8 Å². The number of fused-ring (bicyclic) bond motifs is 2. The monoisotopic (exact) mass is 464 g/mol. The molecule has 1 aliphatic heterocycles. The fourth-order valence-electron chi connectivity index (χ4n) is 4.09. The van der Waals surface area contributed by atoms with E-state index in [0.29, 0.717) is 48.7 Å². The Morgan fingerprint density at radius 1 is 1.09 bits per heavy atom. The number of nitrogens with zero attached hydrogens (tertiary/aromatic N) is 3. The summed E-state index contributed by atoms with van der Waals surface area (Å²) in [5, 5.41) is 3.66. The van der Waals surface area contributed by atoms with Gasteiger partial charge in [0.1, 0.15) is 23.6 Å². The lowest BCUT2D eigenvalue weighted by molar-refractivity contribution is -0.116. The van der Waals surface area contributed by atoms with E-state index in [1.165, 1.54) is 0 Å². The van der Waals surface area contributed by atoms with Crippen molar-refractivity contribution in [3.63, 3.8) is 0 Å². The normalized spacial score (nSPS) is 14.2. The number of morpholine rings is 1. The molecule has 2 amide bonds. The first-order valence-corrected chi connectivity index (χ1v) is 12.2. The summed E-state index contributed by atoms with van der Waals surface area (Å²) in [6, 6.07) is 15.1. The van der Waals surface area contributed by atoms with Gasteiger partial charge in [0, 0.05) is 18.5 Å². The number of anilines is 1. The van der Waals surface area contributed by atoms with Gasteiger partial charge in [-0.05, 0) is 30.5 Å². The van der Waals surface area contributed by atoms with E-state index < -0.39 is 0 Å². The number of imidazole rings is 1. The summed E-state index contributed by atoms with van der Waals surface area (Å²) in [5.41, 5.74) is 2.72. The first-order valence-electron chi connectivity index (χ1n) is 10.8. The lowest BCUT2D eigenvalue weighted by Gasteiger charge is -2.26. The van der Waals surface area contributed by atoms with Crippen molar-refractivity contribution in [1.82, 2.24) is 14.5 Å². The van der Waals surface area contributed by atoms with Gasteiger partial charge >= 0.3 is 0 Å². The van der Waals surface area contributed by atoms with Gasteiger partial charge in [-0.25, -0.2) is 4.98 Å². The Balaban J connectivity index is 1.47. The highest BCUT2D eigenvalue weighted by atomic mass is 32.2. The van der Waals surface area contributed by atoms with Crippen LogP contribution >= 0.6 is 11.8 Å². The van der Waals surface area contributed by atoms with E-state index >= 15 is 0 Å². The summed E-state index contributed by atoms with van der Waals surface area (Å²) in [7, 11) is 0. The molecule has 2 aromatic heterocycles. The Morgan fingerprint density at radius 2 is 1.85 bits per heavy atom. The molecule has 0 unspecified atom stereocenters. The Morgan fingerprint density at radius 3 is 2.67 bits per heavy atom. The van der Waals surface area contributed by atoms with Crippen LogP contribution in [0.2, 0.25) is 0 Å². The van der Waals surface area contributed by atoms with Crippen LogP contribution in [-0.2, 0) is 21.8 Å². The van der Waals surface area contributed by atoms with Crippen molar-refractivity contribution in [2.75, 3.05) is 37.9 Å². The SMILES string of the molecule is CSCc1nc2ccccc2n1CC(=O)Nc1c(C(=O)N2CCOCC2)oc2ccccc12. The van der Waals surface area contributed by atoms with Crippen molar-refractivity contribution in [3.8, 4) is 0 Å². The number of carbonyl (C=O) groups excluding carboxylic acids is 2. The van der Waals surface area contributed by atoms with E-state index in [2.05, 4.69) is 10.3 Å². The highest BCUT2D eigenvalue weighted by Crippen LogP contribution is 2.32. The summed E-state index contributed by atoms with van der Waals surface area (Å²) < 4.78 is 13.2. The van der Waals surface area contributed by atoms with E-state index in [4.69, 9.17) is 9.15 Å². The van der Waals surface area contributed by atoms with Crippen LogP contribution in [0, 0.1) is 0 Å². The predicted molar refractivity (Wildman–Crippen MR) is 129 cm³/mol. The first-order chi connectivity index (χ1) is 16.2. The smallest absolute Gasteiger partial charge is 0.291 e. The van der Waals surface area contributed by atoms with Crippen LogP contribution in [0.15, 0.2) is 52.9 Å². The highest BCUT2D eigenvalue weighted by molar-refractivity contribution is 7.97. The molecule has 1 saturated heterocycles. The van der Waals surface area contributed by atoms with Crippen LogP contribution in [0.3, 0.4) is 0 Å². The maximum Gasteiger partial charge on any atom is 0.291 e. The van der Waals surface area contributed by atoms with Crippen molar-refractivity contribution in [2.24, 2.45) is 0 Å². The molecule has 1 aliphatic rings. The Bertz CT molecular complexity index is 1320. The molecule has 0 aliphatic carbocycles. The number of para-hydroxylation sites is 3. The summed E-state index contributed by atoms with van der Waals surface area (Å²) in [4.78, 5) is 32.8. The third-order valence-corrected chi connectivity index (χ3v) is 6.21. The van der Waals surface area contributed by atoms with Crippen molar-refractivity contribution >= 4 is 51.3 Å². The number of furan rings is 1. The third-order valence-electron chi connectivity index (χ3n) is 5.66. The summed E-state index contributed by atoms with van der Waals surface area (Å²) >= 11 is 1.65. The minimum Gasteiger partial charge on any atom is -0.449 e. The molecular formula is C24H24N4O4S. The number of amides is 2. The zero-order valence-corrected chi connectivity index (χ0v) is 19.1. The zero-order chi connectivity index (χ0) is 22.8. The summed E-state index contributed by atoms with van der Waals surface area (Å²) in [6.45, 7) is 2.03. The van der Waals surface area contributed by atoms with E-state index in [1.54, 1.807) is 22.7 Å². The van der Waals surface area contributed by atoms with Gasteiger partial charge in [0.25, 0.3) is 5.91 Å². The standard InChI is InChI=1S/C24H24N4O4S/c1-33-15-20-25-17-7-3-4-8-18(17)28(20)14-21(29)26-22-16-6-2-5-9-19(16)32-23(22)24(30)27-10-12-31-13-11-27/h2-9H,10-15H2,1H3,(H,26,29). The third kappa shape index (κ3) is 4.21. The fourth-order valence-corrected chi connectivity index (χ4v) is 4.57. The maximum atomic E-state index is 13.2. The van der Waals surface area contributed by atoms with Gasteiger partial charge in [-0.1, -0.05) is 24.3 Å². The molecule has 0 spiro atoms. The summed E-state index contributed by atoms with van der Waals surface area (Å²) in [6.07, 6.45) is 2.00. The molecule has 0 radical (unpaired) electrons. The van der Waals surface area contributed by atoms with Gasteiger partial charge in [0.05, 0.1) is 30.0 Å². The number of aromatic nitrogens is 2. The minimum absolute atomic E-state index is 0.0844. The predicted octanol–water partition coefficient (Wildman–Crippen LogP) is 3.76. The van der Waals surface area contributed by atoms with E-state index in [9.17, 15) is 9.59 Å². The van der Waals surface area contributed by atoms with Crippen LogP contribution in [0.25, 0.3) is 22.0 Å². The molecule has 9 heteroatoms. The Kier molecular flexibility index (Phi) is 6.06. The lowest BCUT2D eigenvalue weighted by atomic mass is 10.2. The Hall–Kier alpha value is -3.30. The average Bonchev–Trinajstić information content (AvgIpc) is 3.38. The Labute approximate surface area is 194 Å². The number of hydrogen-bond donors (Lipinski definition) is 1. The van der Waals surface area contributed by atoms with Gasteiger partial charge < -0.3 is 23.9 Å². The maximum absolute atomic E-state index is 13.2. The molecule has 0 bridgehead atoms. The quantitative estimate of drug-likeness (QED) is 0.467. The van der Waals surface area contributed by atoms with Crippen molar-refractivity contribution < 1.29 is 18.7 Å². The molecule has 5 rings (SSSR count). The molecule has 2 aromatic carbocycles. The largest absolute Gasteiger partial charge is 0.449 e. The van der Waals surface area contributed by atoms with Gasteiger partial charge in [-0.15, -0.1) is 0 Å². The first kappa shape index (κ1) is 21.5. The van der Waals surface area contributed by atoms with E-state index in [0.717, 1.165) is 16.9 Å². The molecule has 0 saturated carbocycles. The zero-order valence-electron chi connectivity index (χ0n) is 18.2. The van der Waals surface area contributed by atoms with Crippen LogP contribution in [0.4, 0.5) is 5.69 Å². The molecule has 3 heterocycles. The van der Waals surface area contributed by atoms with E-state index in [-0.39, 0.29) is 24.1 Å². The average molecular weight is 465 g/mol. The van der Waals surface area contributed by atoms with Gasteiger partial charge in [-0.2, -0.15) is 11.8 Å². The number of nitrogens with one attached hydrogen (secondary N) is 1. The molecule has 170 valence electrons. The number of carbonyl (C=O) groups is 2. The molecule has 1 fully saturated rings. The van der Waals surface area contributed by atoms with Crippen molar-refractivity contribution in [1.29, 1.82) is 0 Å². The second kappa shape index (κ2) is 9.29. The van der Waals surface area contributed by atoms with E-state index in [1.807, 2.05) is 53.3 Å². The summed E-state index contributed by atoms with van der Waals surface area (Å²) in [5.74, 6) is 1.17. The molecule has 1 N–H and O–H groups in total. The van der Waals surface area contributed by atoms with Gasteiger partial charge in [0.15, 0.2) is 0 Å². The number of benzene rings is 2. The topological polar surface area (TPSA) is 89.6 Å². The van der Waals surface area contributed by atoms with Crippen molar-refractivity contribution in [3.05, 3.63) is 60.1 Å². The second-order valence-electron chi connectivity index (χ2n) is 7.79. The molecule has 8 nitrogen and oxygen atoms in total. The number of rotatable bonds is 6. The molecular weight excluding hydrogens is 440 g/mol. The molecule has 0 atom stereocenters. The minimum atomic E-state index is -0.249. The van der Waals surface area contributed by atoms with Gasteiger partial charge in [0.2, 0.25) is 11.7 Å². The number of thioether (sulfide) groups is 1. The van der Waals surface area contributed by atoms with Crippen LogP contribution < -0.4 is 5.32 Å². The van der Waals surface area contributed by atoms with Crippen LogP contribution in [0.5, 0.6) is 0 Å². The second-order valence-corrected chi connectivity index (χ2v) is 8.66. The molecule has 33 heavy (non-hydrogen) atoms. The van der Waals surface area contributed by atoms with Crippen molar-refractivity contribution in [2.45, 2.75) is 12.3 Å².